The van der Waals surface area contributed by atoms with Crippen LogP contribution in [0.5, 0.6) is 0 Å². The molecular weight excluding hydrogens is 264 g/mol. The molecule has 110 valence electrons. The van der Waals surface area contributed by atoms with E-state index in [0.717, 1.165) is 36.3 Å². The van der Waals surface area contributed by atoms with Crippen molar-refractivity contribution in [1.29, 1.82) is 0 Å². The number of carbonyl (C=O) groups excluding carboxylic acids is 1. The van der Waals surface area contributed by atoms with Crippen molar-refractivity contribution in [2.45, 2.75) is 25.3 Å². The van der Waals surface area contributed by atoms with Gasteiger partial charge in [0, 0.05) is 42.7 Å². The zero-order valence-corrected chi connectivity index (χ0v) is 12.1. The van der Waals surface area contributed by atoms with E-state index in [2.05, 4.69) is 10.3 Å². The average molecular weight is 284 g/mol. The number of hydrogen-bond donors (Lipinski definition) is 2. The van der Waals surface area contributed by atoms with Gasteiger partial charge in [-0.05, 0) is 31.4 Å². The summed E-state index contributed by atoms with van der Waals surface area (Å²) < 4.78 is 1.96. The van der Waals surface area contributed by atoms with Crippen LogP contribution >= 0.6 is 0 Å². The lowest BCUT2D eigenvalue weighted by Gasteiger charge is -2.11. The highest BCUT2D eigenvalue weighted by atomic mass is 16.1. The first-order chi connectivity index (χ1) is 10.1. The minimum atomic E-state index is 0.0387. The van der Waals surface area contributed by atoms with Crippen LogP contribution in [0.2, 0.25) is 0 Å². The van der Waals surface area contributed by atoms with E-state index < -0.39 is 0 Å². The molecule has 21 heavy (non-hydrogen) atoms. The highest BCUT2D eigenvalue weighted by molar-refractivity contribution is 5.93. The number of imidazole rings is 1. The molecule has 1 aromatic carbocycles. The molecule has 1 aromatic heterocycles. The number of hydrogen-bond acceptors (Lipinski definition) is 3. The van der Waals surface area contributed by atoms with Crippen LogP contribution < -0.4 is 11.1 Å². The average Bonchev–Trinajstić information content (AvgIpc) is 3.08. The van der Waals surface area contributed by atoms with Gasteiger partial charge >= 0.3 is 0 Å². The Morgan fingerprint density at radius 2 is 2.29 bits per heavy atom. The standard InChI is InChI=1S/C16H20N4O/c1-20-8-7-18-15(20)11-3-2-4-14(10-11)19-16(21)12-5-6-13(17)9-12/h2-4,7-8,10,12-13H,5-6,9,17H2,1H3,(H,19,21). The quantitative estimate of drug-likeness (QED) is 0.907. The second-order valence-corrected chi connectivity index (χ2v) is 5.70. The van der Waals surface area contributed by atoms with Crippen LogP contribution in [0.3, 0.4) is 0 Å². The number of nitrogens with two attached hydrogens (primary N) is 1. The number of benzene rings is 1. The lowest BCUT2D eigenvalue weighted by atomic mass is 10.1. The molecule has 2 atom stereocenters. The molecule has 3 rings (SSSR count). The number of amides is 1. The van der Waals surface area contributed by atoms with E-state index >= 15 is 0 Å². The van der Waals surface area contributed by atoms with E-state index in [9.17, 15) is 4.79 Å². The topological polar surface area (TPSA) is 72.9 Å². The van der Waals surface area contributed by atoms with Crippen LogP contribution in [0.15, 0.2) is 36.7 Å². The fourth-order valence-electron chi connectivity index (χ4n) is 2.88. The molecule has 2 aromatic rings. The summed E-state index contributed by atoms with van der Waals surface area (Å²) in [7, 11) is 1.95. The summed E-state index contributed by atoms with van der Waals surface area (Å²) in [5, 5.41) is 2.99. The van der Waals surface area contributed by atoms with Gasteiger partial charge in [0.15, 0.2) is 0 Å². The number of aromatic nitrogens is 2. The minimum Gasteiger partial charge on any atom is -0.334 e. The molecular formula is C16H20N4O. The Hall–Kier alpha value is -2.14. The van der Waals surface area contributed by atoms with Gasteiger partial charge in [-0.15, -0.1) is 0 Å². The predicted octanol–water partition coefficient (Wildman–Crippen LogP) is 2.15. The number of anilines is 1. The lowest BCUT2D eigenvalue weighted by molar-refractivity contribution is -0.119. The maximum atomic E-state index is 12.2. The van der Waals surface area contributed by atoms with Gasteiger partial charge < -0.3 is 15.6 Å². The summed E-state index contributed by atoms with van der Waals surface area (Å²) in [5.74, 6) is 0.991. The van der Waals surface area contributed by atoms with Crippen molar-refractivity contribution < 1.29 is 4.79 Å². The van der Waals surface area contributed by atoms with Crippen molar-refractivity contribution in [2.24, 2.45) is 18.7 Å². The Labute approximate surface area is 124 Å². The summed E-state index contributed by atoms with van der Waals surface area (Å²) in [6.45, 7) is 0. The van der Waals surface area contributed by atoms with Crippen LogP contribution in [0.4, 0.5) is 5.69 Å². The molecule has 1 fully saturated rings. The van der Waals surface area contributed by atoms with Gasteiger partial charge in [-0.25, -0.2) is 4.98 Å². The molecule has 1 aliphatic carbocycles. The second kappa shape index (κ2) is 5.69. The summed E-state index contributed by atoms with van der Waals surface area (Å²) >= 11 is 0. The summed E-state index contributed by atoms with van der Waals surface area (Å²) in [6.07, 6.45) is 6.27. The fourth-order valence-corrected chi connectivity index (χ4v) is 2.88. The smallest absolute Gasteiger partial charge is 0.227 e. The van der Waals surface area contributed by atoms with E-state index in [-0.39, 0.29) is 17.9 Å². The van der Waals surface area contributed by atoms with Crippen molar-refractivity contribution in [3.8, 4) is 11.4 Å². The zero-order chi connectivity index (χ0) is 14.8. The number of aryl methyl sites for hydroxylation is 1. The van der Waals surface area contributed by atoms with Crippen LogP contribution in [-0.4, -0.2) is 21.5 Å². The fraction of sp³-hybridized carbons (Fsp3) is 0.375. The largest absolute Gasteiger partial charge is 0.334 e. The summed E-state index contributed by atoms with van der Waals surface area (Å²) in [5.41, 5.74) is 7.67. The van der Waals surface area contributed by atoms with Gasteiger partial charge in [0.2, 0.25) is 5.91 Å². The first-order valence-corrected chi connectivity index (χ1v) is 7.27. The molecule has 3 N–H and O–H groups in total. The van der Waals surface area contributed by atoms with Gasteiger partial charge in [0.25, 0.3) is 0 Å². The van der Waals surface area contributed by atoms with E-state index in [1.807, 2.05) is 42.1 Å². The van der Waals surface area contributed by atoms with Gasteiger partial charge in [0.05, 0.1) is 0 Å². The molecule has 0 aliphatic heterocycles. The zero-order valence-electron chi connectivity index (χ0n) is 12.1. The highest BCUT2D eigenvalue weighted by Gasteiger charge is 2.27. The first kappa shape index (κ1) is 13.8. The number of carbonyl (C=O) groups is 1. The number of rotatable bonds is 3. The van der Waals surface area contributed by atoms with Crippen molar-refractivity contribution >= 4 is 11.6 Å². The third-order valence-electron chi connectivity index (χ3n) is 4.05. The van der Waals surface area contributed by atoms with Crippen molar-refractivity contribution in [3.05, 3.63) is 36.7 Å². The van der Waals surface area contributed by atoms with Gasteiger partial charge in [-0.1, -0.05) is 12.1 Å². The third-order valence-corrected chi connectivity index (χ3v) is 4.05. The number of nitrogens with zero attached hydrogens (tertiary/aromatic N) is 2. The molecule has 1 aliphatic rings. The predicted molar refractivity (Wildman–Crippen MR) is 82.6 cm³/mol. The molecule has 0 bridgehead atoms. The van der Waals surface area contributed by atoms with Gasteiger partial charge in [-0.2, -0.15) is 0 Å². The Kier molecular flexibility index (Phi) is 3.75. The molecule has 2 unspecified atom stereocenters. The monoisotopic (exact) mass is 284 g/mol. The molecule has 5 heteroatoms. The number of nitrogens with one attached hydrogen (secondary N) is 1. The van der Waals surface area contributed by atoms with Gasteiger partial charge in [0.1, 0.15) is 5.82 Å². The van der Waals surface area contributed by atoms with Gasteiger partial charge in [-0.3, -0.25) is 4.79 Å². The molecule has 0 saturated heterocycles. The van der Waals surface area contributed by atoms with Crippen LogP contribution in [-0.2, 0) is 11.8 Å². The molecule has 0 radical (unpaired) electrons. The van der Waals surface area contributed by atoms with Crippen LogP contribution in [0.25, 0.3) is 11.4 Å². The maximum absolute atomic E-state index is 12.2. The van der Waals surface area contributed by atoms with Crippen LogP contribution in [0.1, 0.15) is 19.3 Å². The maximum Gasteiger partial charge on any atom is 0.227 e. The molecule has 5 nitrogen and oxygen atoms in total. The van der Waals surface area contributed by atoms with Crippen molar-refractivity contribution in [1.82, 2.24) is 9.55 Å². The van der Waals surface area contributed by atoms with Crippen LogP contribution in [0, 0.1) is 5.92 Å². The summed E-state index contributed by atoms with van der Waals surface area (Å²) in [4.78, 5) is 16.6. The van der Waals surface area contributed by atoms with Crippen molar-refractivity contribution in [3.63, 3.8) is 0 Å². The Balaban J connectivity index is 1.75. The van der Waals surface area contributed by atoms with E-state index in [0.29, 0.717) is 0 Å². The lowest BCUT2D eigenvalue weighted by Crippen LogP contribution is -2.23. The Bertz CT molecular complexity index is 649. The van der Waals surface area contributed by atoms with Crippen molar-refractivity contribution in [2.75, 3.05) is 5.32 Å². The normalized spacial score (nSPS) is 21.4. The van der Waals surface area contributed by atoms with E-state index in [1.165, 1.54) is 0 Å². The molecule has 1 amide bonds. The Morgan fingerprint density at radius 1 is 1.43 bits per heavy atom. The van der Waals surface area contributed by atoms with E-state index in [1.54, 1.807) is 6.20 Å². The summed E-state index contributed by atoms with van der Waals surface area (Å²) in [6, 6.07) is 7.94. The second-order valence-electron chi connectivity index (χ2n) is 5.70. The first-order valence-electron chi connectivity index (χ1n) is 7.27. The molecule has 0 spiro atoms. The molecule has 1 saturated carbocycles. The highest BCUT2D eigenvalue weighted by Crippen LogP contribution is 2.26. The van der Waals surface area contributed by atoms with E-state index in [4.69, 9.17) is 5.73 Å². The SMILES string of the molecule is Cn1ccnc1-c1cccc(NC(=O)C2CCC(N)C2)c1. The molecule has 1 heterocycles. The Morgan fingerprint density at radius 3 is 2.95 bits per heavy atom. The minimum absolute atomic E-state index is 0.0387. The third kappa shape index (κ3) is 2.97.